The molecule has 1 aliphatic heterocycles. The van der Waals surface area contributed by atoms with Crippen molar-refractivity contribution >= 4 is 11.8 Å². The first kappa shape index (κ1) is 51.6. The van der Waals surface area contributed by atoms with Crippen molar-refractivity contribution in [3.8, 4) is 39.4 Å². The summed E-state index contributed by atoms with van der Waals surface area (Å²) in [6, 6.07) is 23.4. The molecule has 6 aromatic rings. The zero-order chi connectivity index (χ0) is 51.2. The van der Waals surface area contributed by atoms with E-state index < -0.39 is 0 Å². The second kappa shape index (κ2) is 23.3. The van der Waals surface area contributed by atoms with Gasteiger partial charge in [-0.15, -0.1) is 0 Å². The van der Waals surface area contributed by atoms with E-state index in [4.69, 9.17) is 19.3 Å². The van der Waals surface area contributed by atoms with Crippen molar-refractivity contribution in [1.29, 1.82) is 0 Å². The summed E-state index contributed by atoms with van der Waals surface area (Å²) >= 11 is 0. The average Bonchev–Trinajstić information content (AvgIpc) is 4.23. The van der Waals surface area contributed by atoms with Crippen molar-refractivity contribution < 1.29 is 23.8 Å². The van der Waals surface area contributed by atoms with Crippen LogP contribution in [0.3, 0.4) is 0 Å². The molecule has 3 N–H and O–H groups in total. The van der Waals surface area contributed by atoms with E-state index in [2.05, 4.69) is 68.4 Å². The second-order valence-electron chi connectivity index (χ2n) is 21.0. The predicted octanol–water partition coefficient (Wildman–Crippen LogP) is 10.9. The van der Waals surface area contributed by atoms with Gasteiger partial charge in [0.15, 0.2) is 0 Å². The molecule has 0 radical (unpaired) electrons. The molecule has 2 aromatic heterocycles. The first-order chi connectivity index (χ1) is 35.4. The van der Waals surface area contributed by atoms with Crippen LogP contribution in [0.15, 0.2) is 91.5 Å². The third kappa shape index (κ3) is 12.1. The van der Waals surface area contributed by atoms with Gasteiger partial charge in [0.25, 0.3) is 11.8 Å². The number of aryl methyl sites for hydroxylation is 2. The number of aromatic nitrogens is 4. The highest BCUT2D eigenvalue weighted by Crippen LogP contribution is 2.39. The zero-order valence-electron chi connectivity index (χ0n) is 44.3. The first-order valence-corrected chi connectivity index (χ1v) is 26.6. The van der Waals surface area contributed by atoms with Crippen molar-refractivity contribution in [3.05, 3.63) is 136 Å². The summed E-state index contributed by atoms with van der Waals surface area (Å²) in [5.41, 5.74) is 12.0. The van der Waals surface area contributed by atoms with Crippen LogP contribution in [0.2, 0.25) is 0 Å². The number of ether oxygens (including phenoxy) is 3. The molecule has 0 spiro atoms. The number of methoxy groups -OCH3 is 3. The van der Waals surface area contributed by atoms with Crippen LogP contribution in [-0.2, 0) is 11.8 Å². The molecule has 1 saturated heterocycles. The minimum atomic E-state index is -0.331. The van der Waals surface area contributed by atoms with E-state index in [-0.39, 0.29) is 29.8 Å². The van der Waals surface area contributed by atoms with E-state index in [0.717, 1.165) is 93.5 Å². The lowest BCUT2D eigenvalue weighted by Gasteiger charge is -2.35. The van der Waals surface area contributed by atoms with Crippen LogP contribution < -0.4 is 25.4 Å². The summed E-state index contributed by atoms with van der Waals surface area (Å²) in [4.78, 5) is 31.6. The lowest BCUT2D eigenvalue weighted by Crippen LogP contribution is -2.36. The standard InChI is InChI=1S/C60H76N8O5/c1-38-17-18-44(43-14-12-16-53(26-43)67-20-9-10-21-67)31-56(38)59(69)64-40(3)46-24-48(30-55(28-46)73-8)51-35-63-68(37-51)58-33-49(42-13-11-15-52(25-42)61-19-22-71-6)32-57(39(58)2)60(70)65-41(4)45-23-47(29-54(27-45)72-7)50-34-62-66(5)36-50/h17-18,23-24,27-37,40-43,52-53,61H,9-16,19-22,25-26H2,1-8H3,(H,64,69)(H,65,70)/t40-,41-,42?,43?,52?,53?/m1/s1. The fraction of sp³-hybridized carbons (Fsp3) is 0.467. The number of rotatable bonds is 18. The number of nitrogens with zero attached hydrogens (tertiary/aromatic N) is 5. The van der Waals surface area contributed by atoms with Gasteiger partial charge in [-0.1, -0.05) is 25.0 Å². The maximum absolute atomic E-state index is 14.7. The molecule has 2 saturated carbocycles. The van der Waals surface area contributed by atoms with Gasteiger partial charge in [0, 0.05) is 67.4 Å². The molecule has 6 atom stereocenters. The number of benzene rings is 4. The van der Waals surface area contributed by atoms with E-state index in [0.29, 0.717) is 41.7 Å². The summed E-state index contributed by atoms with van der Waals surface area (Å²) in [6.45, 7) is 12.0. The van der Waals surface area contributed by atoms with E-state index in [9.17, 15) is 9.59 Å². The van der Waals surface area contributed by atoms with E-state index in [1.54, 1.807) is 26.0 Å². The highest BCUT2D eigenvalue weighted by molar-refractivity contribution is 5.97. The van der Waals surface area contributed by atoms with Crippen molar-refractivity contribution in [1.82, 2.24) is 40.4 Å². The molecule has 4 unspecified atom stereocenters. The summed E-state index contributed by atoms with van der Waals surface area (Å²) in [5.74, 6) is 1.87. The average molecular weight is 989 g/mol. The quantitative estimate of drug-likeness (QED) is 0.0719. The number of nitrogens with one attached hydrogen (secondary N) is 3. The third-order valence-electron chi connectivity index (χ3n) is 16.0. The van der Waals surface area contributed by atoms with Gasteiger partial charge in [-0.2, -0.15) is 10.2 Å². The molecule has 3 fully saturated rings. The van der Waals surface area contributed by atoms with Crippen LogP contribution in [0.1, 0.15) is 156 Å². The van der Waals surface area contributed by atoms with E-state index in [1.807, 2.05) is 88.5 Å². The number of hydrogen-bond acceptors (Lipinski definition) is 9. The van der Waals surface area contributed by atoms with Gasteiger partial charge in [-0.3, -0.25) is 14.3 Å². The Hall–Kier alpha value is -6.28. The van der Waals surface area contributed by atoms with Gasteiger partial charge >= 0.3 is 0 Å². The van der Waals surface area contributed by atoms with Crippen molar-refractivity contribution in [3.63, 3.8) is 0 Å². The summed E-state index contributed by atoms with van der Waals surface area (Å²) in [5, 5.41) is 19.7. The minimum absolute atomic E-state index is 0.0754. The maximum atomic E-state index is 14.7. The number of carbonyl (C=O) groups is 2. The van der Waals surface area contributed by atoms with Crippen molar-refractivity contribution in [2.45, 2.75) is 128 Å². The Morgan fingerprint density at radius 3 is 1.93 bits per heavy atom. The van der Waals surface area contributed by atoms with Gasteiger partial charge < -0.3 is 35.1 Å². The van der Waals surface area contributed by atoms with Gasteiger partial charge in [-0.05, 0) is 203 Å². The normalized spacial score (nSPS) is 20.1. The molecule has 9 rings (SSSR count). The van der Waals surface area contributed by atoms with Gasteiger partial charge in [0.1, 0.15) is 11.5 Å². The Kier molecular flexibility index (Phi) is 16.5. The number of amides is 2. The highest BCUT2D eigenvalue weighted by atomic mass is 16.5. The monoisotopic (exact) mass is 989 g/mol. The molecule has 73 heavy (non-hydrogen) atoms. The van der Waals surface area contributed by atoms with Gasteiger partial charge in [-0.25, -0.2) is 4.68 Å². The largest absolute Gasteiger partial charge is 0.497 e. The third-order valence-corrected chi connectivity index (χ3v) is 16.0. The van der Waals surface area contributed by atoms with Crippen LogP contribution >= 0.6 is 0 Å². The molecule has 13 heteroatoms. The van der Waals surface area contributed by atoms with E-state index >= 15 is 0 Å². The Balaban J connectivity index is 0.978. The minimum Gasteiger partial charge on any atom is -0.497 e. The van der Waals surface area contributed by atoms with Crippen LogP contribution in [-0.4, -0.2) is 95.9 Å². The Bertz CT molecular complexity index is 2880. The summed E-state index contributed by atoms with van der Waals surface area (Å²) < 4.78 is 20.6. The fourth-order valence-corrected chi connectivity index (χ4v) is 11.7. The van der Waals surface area contributed by atoms with Crippen LogP contribution in [0.25, 0.3) is 27.9 Å². The van der Waals surface area contributed by atoms with Crippen LogP contribution in [0.4, 0.5) is 0 Å². The Morgan fingerprint density at radius 2 is 1.29 bits per heavy atom. The smallest absolute Gasteiger partial charge is 0.252 e. The molecule has 2 aliphatic carbocycles. The Morgan fingerprint density at radius 1 is 0.671 bits per heavy atom. The van der Waals surface area contributed by atoms with Gasteiger partial charge in [0.2, 0.25) is 0 Å². The number of likely N-dealkylation sites (tertiary alicyclic amines) is 1. The molecular formula is C60H76N8O5. The molecule has 386 valence electrons. The number of carbonyl (C=O) groups excluding carboxylic acids is 2. The Labute approximate surface area is 432 Å². The van der Waals surface area contributed by atoms with Crippen molar-refractivity contribution in [2.24, 2.45) is 7.05 Å². The molecular weight excluding hydrogens is 913 g/mol. The zero-order valence-corrected chi connectivity index (χ0v) is 44.3. The van der Waals surface area contributed by atoms with Crippen LogP contribution in [0.5, 0.6) is 11.5 Å². The predicted molar refractivity (Wildman–Crippen MR) is 289 cm³/mol. The van der Waals surface area contributed by atoms with Gasteiger partial charge in [0.05, 0.1) is 51.0 Å². The maximum Gasteiger partial charge on any atom is 0.252 e. The number of hydrogen-bond donors (Lipinski definition) is 3. The van der Waals surface area contributed by atoms with Crippen molar-refractivity contribution in [2.75, 3.05) is 47.6 Å². The van der Waals surface area contributed by atoms with E-state index in [1.165, 1.54) is 57.2 Å². The molecule has 2 amide bonds. The molecule has 13 nitrogen and oxygen atoms in total. The molecule has 3 aliphatic rings. The lowest BCUT2D eigenvalue weighted by atomic mass is 9.80. The highest BCUT2D eigenvalue weighted by Gasteiger charge is 2.31. The first-order valence-electron chi connectivity index (χ1n) is 26.6. The topological polar surface area (TPSA) is 137 Å². The summed E-state index contributed by atoms with van der Waals surface area (Å²) in [7, 11) is 6.96. The fourth-order valence-electron chi connectivity index (χ4n) is 11.7. The molecule has 4 aromatic carbocycles. The second-order valence-corrected chi connectivity index (χ2v) is 21.0. The summed E-state index contributed by atoms with van der Waals surface area (Å²) in [6.07, 6.45) is 19.3. The molecule has 0 bridgehead atoms. The molecule has 3 heterocycles. The lowest BCUT2D eigenvalue weighted by molar-refractivity contribution is 0.0930. The van der Waals surface area contributed by atoms with Crippen LogP contribution in [0, 0.1) is 13.8 Å². The SMILES string of the molecule is COCCNC1CCCC(c2cc(C(=O)N[C@H](C)c3cc(OC)cc(-c4cnn(C)c4)c3)c(C)c(-n3cc(-c4cc(OC)cc([C@@H](C)NC(=O)c5cc(C6CCCC(N7CCCC7)C6)ccc5C)c4)cn3)c2)C1.